The molecule has 7 nitrogen and oxygen atoms in total. The Bertz CT molecular complexity index is 733. The van der Waals surface area contributed by atoms with Crippen molar-refractivity contribution in [1.82, 2.24) is 0 Å². The molecule has 108 valence electrons. The van der Waals surface area contributed by atoms with Crippen molar-refractivity contribution in [1.29, 1.82) is 0 Å². The van der Waals surface area contributed by atoms with Crippen LogP contribution in [0.15, 0.2) is 36.4 Å². The number of nitrogens with two attached hydrogens (primary N) is 1. The molecule has 0 aliphatic rings. The highest BCUT2D eigenvalue weighted by Crippen LogP contribution is 2.29. The van der Waals surface area contributed by atoms with Crippen molar-refractivity contribution < 1.29 is 14.8 Å². The number of nitrogen functional groups attached to an aromatic ring is 1. The molecule has 0 aliphatic carbocycles. The Morgan fingerprint density at radius 1 is 1.29 bits per heavy atom. The number of rotatable bonds is 3. The summed E-state index contributed by atoms with van der Waals surface area (Å²) in [6.45, 7) is 0. The third kappa shape index (κ3) is 3.21. The first-order valence-electron chi connectivity index (χ1n) is 5.72. The molecule has 2 aromatic carbocycles. The highest BCUT2D eigenvalue weighted by molar-refractivity contribution is 6.31. The highest BCUT2D eigenvalue weighted by atomic mass is 35.5. The van der Waals surface area contributed by atoms with Crippen molar-refractivity contribution in [3.05, 3.63) is 57.1 Å². The first kappa shape index (κ1) is 14.6. The number of carbonyl (C=O) groups is 1. The number of amides is 1. The van der Waals surface area contributed by atoms with Gasteiger partial charge in [0.2, 0.25) is 0 Å². The zero-order valence-corrected chi connectivity index (χ0v) is 11.3. The Labute approximate surface area is 124 Å². The van der Waals surface area contributed by atoms with Crippen molar-refractivity contribution in [3.8, 4) is 5.75 Å². The minimum Gasteiger partial charge on any atom is -0.508 e. The molecule has 0 bridgehead atoms. The normalized spacial score (nSPS) is 10.1. The lowest BCUT2D eigenvalue weighted by Crippen LogP contribution is -2.15. The molecule has 0 heterocycles. The molecular formula is C13H10ClN3O4. The van der Waals surface area contributed by atoms with Crippen molar-refractivity contribution in [2.45, 2.75) is 0 Å². The Kier molecular flexibility index (Phi) is 3.95. The second-order valence-electron chi connectivity index (χ2n) is 4.14. The average molecular weight is 308 g/mol. The van der Waals surface area contributed by atoms with Gasteiger partial charge in [0.25, 0.3) is 11.6 Å². The second-order valence-corrected chi connectivity index (χ2v) is 4.58. The van der Waals surface area contributed by atoms with Gasteiger partial charge in [-0.15, -0.1) is 0 Å². The number of nitro benzene ring substituents is 1. The summed E-state index contributed by atoms with van der Waals surface area (Å²) in [6, 6.07) is 7.71. The molecule has 0 saturated heterocycles. The Morgan fingerprint density at radius 2 is 2.00 bits per heavy atom. The molecule has 21 heavy (non-hydrogen) atoms. The van der Waals surface area contributed by atoms with Gasteiger partial charge in [-0.25, -0.2) is 0 Å². The summed E-state index contributed by atoms with van der Waals surface area (Å²) in [7, 11) is 0. The average Bonchev–Trinajstić information content (AvgIpc) is 2.40. The van der Waals surface area contributed by atoms with Crippen LogP contribution in [0.2, 0.25) is 5.02 Å². The van der Waals surface area contributed by atoms with Gasteiger partial charge in [-0.05, 0) is 30.3 Å². The van der Waals surface area contributed by atoms with Crippen LogP contribution in [0.1, 0.15) is 10.4 Å². The van der Waals surface area contributed by atoms with Gasteiger partial charge in [-0.3, -0.25) is 14.9 Å². The number of phenolic OH excluding ortho intramolecular Hbond substituents is 1. The van der Waals surface area contributed by atoms with Gasteiger partial charge in [-0.2, -0.15) is 0 Å². The second kappa shape index (κ2) is 5.68. The summed E-state index contributed by atoms with van der Waals surface area (Å²) in [6.07, 6.45) is 0. The number of halogens is 1. The number of hydrogen-bond acceptors (Lipinski definition) is 5. The maximum Gasteiger partial charge on any atom is 0.296 e. The Morgan fingerprint density at radius 3 is 2.62 bits per heavy atom. The quantitative estimate of drug-likeness (QED) is 0.349. The van der Waals surface area contributed by atoms with E-state index in [9.17, 15) is 20.0 Å². The van der Waals surface area contributed by atoms with Gasteiger partial charge >= 0.3 is 0 Å². The Balaban J connectivity index is 2.34. The standard InChI is InChI=1S/C13H10ClN3O4/c14-7-1-3-9(10(15)5-7)13(19)16-11-4-2-8(18)6-12(11)17(20)21/h1-6,18H,15H2,(H,16,19). The summed E-state index contributed by atoms with van der Waals surface area (Å²) < 4.78 is 0. The van der Waals surface area contributed by atoms with E-state index in [0.29, 0.717) is 5.02 Å². The van der Waals surface area contributed by atoms with E-state index >= 15 is 0 Å². The van der Waals surface area contributed by atoms with E-state index in [1.54, 1.807) is 0 Å². The van der Waals surface area contributed by atoms with Crippen LogP contribution < -0.4 is 11.1 Å². The molecule has 0 aromatic heterocycles. The van der Waals surface area contributed by atoms with Crippen LogP contribution in [0.4, 0.5) is 17.1 Å². The molecule has 0 spiro atoms. The van der Waals surface area contributed by atoms with E-state index < -0.39 is 16.5 Å². The summed E-state index contributed by atoms with van der Waals surface area (Å²) in [5.41, 5.74) is 5.51. The van der Waals surface area contributed by atoms with Gasteiger partial charge in [0, 0.05) is 10.7 Å². The fraction of sp³-hybridized carbons (Fsp3) is 0. The van der Waals surface area contributed by atoms with Crippen molar-refractivity contribution >= 4 is 34.6 Å². The number of anilines is 2. The van der Waals surface area contributed by atoms with Gasteiger partial charge in [0.1, 0.15) is 11.4 Å². The van der Waals surface area contributed by atoms with E-state index in [-0.39, 0.29) is 22.7 Å². The molecule has 2 aromatic rings. The molecule has 0 aliphatic heterocycles. The van der Waals surface area contributed by atoms with Crippen LogP contribution in [-0.4, -0.2) is 15.9 Å². The lowest BCUT2D eigenvalue weighted by molar-refractivity contribution is -0.384. The predicted molar refractivity (Wildman–Crippen MR) is 78.6 cm³/mol. The van der Waals surface area contributed by atoms with Crippen molar-refractivity contribution in [2.75, 3.05) is 11.1 Å². The maximum atomic E-state index is 12.1. The van der Waals surface area contributed by atoms with Crippen molar-refractivity contribution in [2.24, 2.45) is 0 Å². The molecule has 4 N–H and O–H groups in total. The minimum atomic E-state index is -0.708. The van der Waals surface area contributed by atoms with E-state index in [1.807, 2.05) is 0 Å². The third-order valence-corrected chi connectivity index (χ3v) is 2.92. The van der Waals surface area contributed by atoms with Gasteiger partial charge in [-0.1, -0.05) is 11.6 Å². The molecule has 8 heteroatoms. The minimum absolute atomic E-state index is 0.0443. The van der Waals surface area contributed by atoms with Crippen LogP contribution in [0.25, 0.3) is 0 Å². The predicted octanol–water partition coefficient (Wildman–Crippen LogP) is 2.79. The fourth-order valence-electron chi connectivity index (χ4n) is 1.71. The van der Waals surface area contributed by atoms with Crippen LogP contribution in [0, 0.1) is 10.1 Å². The maximum absolute atomic E-state index is 12.1. The number of hydrogen-bond donors (Lipinski definition) is 3. The lowest BCUT2D eigenvalue weighted by Gasteiger charge is -2.08. The smallest absolute Gasteiger partial charge is 0.296 e. The number of nitrogens with one attached hydrogen (secondary N) is 1. The van der Waals surface area contributed by atoms with E-state index in [1.165, 1.54) is 30.3 Å². The van der Waals surface area contributed by atoms with Crippen LogP contribution in [0.5, 0.6) is 5.75 Å². The SMILES string of the molecule is Nc1cc(Cl)ccc1C(=O)Nc1ccc(O)cc1[N+](=O)[O-]. The van der Waals surface area contributed by atoms with Crippen LogP contribution in [0.3, 0.4) is 0 Å². The van der Waals surface area contributed by atoms with E-state index in [2.05, 4.69) is 5.32 Å². The van der Waals surface area contributed by atoms with Crippen LogP contribution >= 0.6 is 11.6 Å². The van der Waals surface area contributed by atoms with E-state index in [4.69, 9.17) is 17.3 Å². The first-order valence-corrected chi connectivity index (χ1v) is 6.10. The zero-order valence-electron chi connectivity index (χ0n) is 10.5. The van der Waals surface area contributed by atoms with Gasteiger partial charge in [0.05, 0.1) is 16.6 Å². The third-order valence-electron chi connectivity index (χ3n) is 2.68. The summed E-state index contributed by atoms with van der Waals surface area (Å²) >= 11 is 5.74. The molecule has 0 radical (unpaired) electrons. The topological polar surface area (TPSA) is 118 Å². The van der Waals surface area contributed by atoms with Crippen molar-refractivity contribution in [3.63, 3.8) is 0 Å². The Hall–Kier alpha value is -2.80. The molecule has 0 unspecified atom stereocenters. The summed E-state index contributed by atoms with van der Waals surface area (Å²) in [4.78, 5) is 22.3. The van der Waals surface area contributed by atoms with E-state index in [0.717, 1.165) is 6.07 Å². The lowest BCUT2D eigenvalue weighted by atomic mass is 10.1. The molecule has 2 rings (SSSR count). The van der Waals surface area contributed by atoms with Gasteiger partial charge < -0.3 is 16.2 Å². The van der Waals surface area contributed by atoms with Crippen LogP contribution in [-0.2, 0) is 0 Å². The molecule has 0 fully saturated rings. The number of carbonyl (C=O) groups excluding carboxylic acids is 1. The highest BCUT2D eigenvalue weighted by Gasteiger charge is 2.18. The van der Waals surface area contributed by atoms with Gasteiger partial charge in [0.15, 0.2) is 0 Å². The monoisotopic (exact) mass is 307 g/mol. The number of nitrogens with zero attached hydrogens (tertiary/aromatic N) is 1. The summed E-state index contributed by atoms with van der Waals surface area (Å²) in [5.74, 6) is -0.885. The number of phenols is 1. The molecular weight excluding hydrogens is 298 g/mol. The molecule has 0 saturated carbocycles. The number of benzene rings is 2. The largest absolute Gasteiger partial charge is 0.508 e. The first-order chi connectivity index (χ1) is 9.88. The number of nitro groups is 1. The molecule has 0 atom stereocenters. The summed E-state index contributed by atoms with van der Waals surface area (Å²) in [5, 5.41) is 22.9. The molecule has 1 amide bonds. The fourth-order valence-corrected chi connectivity index (χ4v) is 1.89. The zero-order chi connectivity index (χ0) is 15.6. The number of aromatic hydroxyl groups is 1.